The molecular weight excluding hydrogens is 216 g/mol. The molecule has 2 atom stereocenters. The summed E-state index contributed by atoms with van der Waals surface area (Å²) < 4.78 is 5.27. The van der Waals surface area contributed by atoms with Crippen molar-refractivity contribution in [1.82, 2.24) is 9.13 Å². The highest BCUT2D eigenvalue weighted by atomic mass is 28.3. The third-order valence-corrected chi connectivity index (χ3v) is 8.90. The molecule has 0 fully saturated rings. The average Bonchev–Trinajstić information content (AvgIpc) is 2.26. The number of rotatable bonds is 8. The zero-order valence-corrected chi connectivity index (χ0v) is 14.4. The third-order valence-electron chi connectivity index (χ3n) is 3.71. The van der Waals surface area contributed by atoms with Gasteiger partial charge in [0, 0.05) is 0 Å². The van der Waals surface area contributed by atoms with Gasteiger partial charge in [0.2, 0.25) is 0 Å². The Morgan fingerprint density at radius 2 is 1.20 bits per heavy atom. The van der Waals surface area contributed by atoms with Gasteiger partial charge in [-0.25, -0.2) is 0 Å². The third kappa shape index (κ3) is 6.50. The summed E-state index contributed by atoms with van der Waals surface area (Å²) in [7, 11) is 4.73. The first kappa shape index (κ1) is 15.4. The second kappa shape index (κ2) is 8.50. The van der Waals surface area contributed by atoms with Crippen LogP contribution in [-0.4, -0.2) is 54.7 Å². The van der Waals surface area contributed by atoms with Crippen LogP contribution in [0.25, 0.3) is 0 Å². The maximum atomic E-state index is 2.64. The van der Waals surface area contributed by atoms with Crippen molar-refractivity contribution in [2.75, 3.05) is 14.1 Å². The molecule has 0 aliphatic rings. The second-order valence-corrected chi connectivity index (χ2v) is 10.5. The van der Waals surface area contributed by atoms with E-state index >= 15 is 0 Å². The van der Waals surface area contributed by atoms with E-state index in [1.165, 1.54) is 12.8 Å². The number of hydrogen-bond acceptors (Lipinski definition) is 2. The Kier molecular flexibility index (Phi) is 8.70. The van der Waals surface area contributed by atoms with E-state index in [2.05, 4.69) is 50.9 Å². The fourth-order valence-electron chi connectivity index (χ4n) is 1.63. The van der Waals surface area contributed by atoms with E-state index in [0.29, 0.717) is 0 Å². The summed E-state index contributed by atoms with van der Waals surface area (Å²) in [4.78, 5) is 0. The molecule has 0 spiro atoms. The number of nitrogens with zero attached hydrogens (tertiary/aromatic N) is 2. The molecule has 0 heterocycles. The highest BCUT2D eigenvalue weighted by Crippen LogP contribution is 2.02. The monoisotopic (exact) mass is 246 g/mol. The van der Waals surface area contributed by atoms with Crippen LogP contribution in [0.5, 0.6) is 0 Å². The Hall–Kier alpha value is 0.354. The number of hydrogen-bond donors (Lipinski definition) is 0. The molecule has 0 aromatic rings. The van der Waals surface area contributed by atoms with Crippen LogP contribution in [0.3, 0.4) is 0 Å². The molecule has 4 heteroatoms. The first-order valence-electron chi connectivity index (χ1n) is 6.43. The largest absolute Gasteiger partial charge is 0.330 e. The molecule has 0 aliphatic carbocycles. The van der Waals surface area contributed by atoms with Crippen LogP contribution in [0.1, 0.15) is 40.5 Å². The highest BCUT2D eigenvalue weighted by Gasteiger charge is 2.09. The van der Waals surface area contributed by atoms with Crippen molar-refractivity contribution in [1.29, 1.82) is 0 Å². The fourth-order valence-corrected chi connectivity index (χ4v) is 7.59. The molecule has 0 saturated heterocycles. The molecule has 0 bridgehead atoms. The highest BCUT2D eigenvalue weighted by molar-refractivity contribution is 6.52. The van der Waals surface area contributed by atoms with Gasteiger partial charge in [-0.3, -0.25) is 0 Å². The van der Waals surface area contributed by atoms with Gasteiger partial charge in [-0.1, -0.05) is 27.7 Å². The van der Waals surface area contributed by atoms with Crippen molar-refractivity contribution < 1.29 is 0 Å². The lowest BCUT2D eigenvalue weighted by atomic mass is 10.3. The molecule has 0 amide bonds. The Bertz CT molecular complexity index is 140. The van der Waals surface area contributed by atoms with Gasteiger partial charge in [0.15, 0.2) is 0 Å². The summed E-state index contributed by atoms with van der Waals surface area (Å²) in [5.41, 5.74) is 1.56. The SMILES string of the molecule is CCC(C)N(C)[SiH2]C[SiH2]N(C)C(C)CC. The molecular formula is C11H30N2Si2. The van der Waals surface area contributed by atoms with Gasteiger partial charge in [-0.15, -0.1) is 0 Å². The summed E-state index contributed by atoms with van der Waals surface area (Å²) in [6.45, 7) is 9.29. The molecule has 0 rings (SSSR count). The maximum Gasteiger partial charge on any atom is 0.0931 e. The summed E-state index contributed by atoms with van der Waals surface area (Å²) in [5, 5.41) is 0. The molecule has 92 valence electrons. The lowest BCUT2D eigenvalue weighted by molar-refractivity contribution is 0.395. The molecule has 0 aliphatic heterocycles. The zero-order chi connectivity index (χ0) is 11.8. The summed E-state index contributed by atoms with van der Waals surface area (Å²) in [6, 6.07) is 1.61. The first-order chi connectivity index (χ1) is 7.02. The van der Waals surface area contributed by atoms with Crippen molar-refractivity contribution >= 4 is 19.4 Å². The van der Waals surface area contributed by atoms with Gasteiger partial charge in [0.1, 0.15) is 0 Å². The standard InChI is InChI=1S/C11H30N2Si2/c1-7-10(3)12(5)14-9-15-13(6)11(4)8-2/h10-11H,7-9,14-15H2,1-6H3. The van der Waals surface area contributed by atoms with Crippen molar-refractivity contribution in [2.24, 2.45) is 0 Å². The van der Waals surface area contributed by atoms with Gasteiger partial charge in [-0.05, 0) is 44.7 Å². The molecule has 2 unspecified atom stereocenters. The van der Waals surface area contributed by atoms with Gasteiger partial charge >= 0.3 is 0 Å². The van der Waals surface area contributed by atoms with E-state index in [9.17, 15) is 0 Å². The Labute approximate surface area is 101 Å². The summed E-state index contributed by atoms with van der Waals surface area (Å²) in [5.74, 6) is 0. The van der Waals surface area contributed by atoms with E-state index < -0.39 is 0 Å². The topological polar surface area (TPSA) is 6.48 Å². The molecule has 0 aromatic heterocycles. The zero-order valence-electron chi connectivity index (χ0n) is 11.6. The Balaban J connectivity index is 3.60. The molecule has 0 radical (unpaired) electrons. The minimum atomic E-state index is 0.0482. The maximum absolute atomic E-state index is 2.64. The van der Waals surface area contributed by atoms with Crippen LogP contribution >= 0.6 is 0 Å². The van der Waals surface area contributed by atoms with Crippen LogP contribution in [-0.2, 0) is 0 Å². The predicted octanol–water partition coefficient (Wildman–Crippen LogP) is 0.990. The lowest BCUT2D eigenvalue weighted by Gasteiger charge is -2.26. The van der Waals surface area contributed by atoms with E-state index in [1.807, 2.05) is 0 Å². The summed E-state index contributed by atoms with van der Waals surface area (Å²) in [6.07, 6.45) is 2.60. The molecule has 0 N–H and O–H groups in total. The van der Waals surface area contributed by atoms with Crippen molar-refractivity contribution in [3.8, 4) is 0 Å². The molecule has 0 aromatic carbocycles. The van der Waals surface area contributed by atoms with E-state index in [4.69, 9.17) is 0 Å². The van der Waals surface area contributed by atoms with Crippen molar-refractivity contribution in [2.45, 2.75) is 58.3 Å². The smallest absolute Gasteiger partial charge is 0.0931 e. The van der Waals surface area contributed by atoms with Crippen LogP contribution in [0.4, 0.5) is 0 Å². The molecule has 2 nitrogen and oxygen atoms in total. The predicted molar refractivity (Wildman–Crippen MR) is 76.9 cm³/mol. The Morgan fingerprint density at radius 3 is 1.47 bits per heavy atom. The normalized spacial score (nSPS) is 17.6. The summed E-state index contributed by atoms with van der Waals surface area (Å²) >= 11 is 0. The van der Waals surface area contributed by atoms with Crippen LogP contribution in [0.2, 0.25) is 5.67 Å². The Morgan fingerprint density at radius 1 is 0.867 bits per heavy atom. The van der Waals surface area contributed by atoms with E-state index in [0.717, 1.165) is 12.1 Å². The van der Waals surface area contributed by atoms with Crippen molar-refractivity contribution in [3.63, 3.8) is 0 Å². The fraction of sp³-hybridized carbons (Fsp3) is 1.00. The van der Waals surface area contributed by atoms with Crippen LogP contribution < -0.4 is 0 Å². The first-order valence-corrected chi connectivity index (χ1v) is 9.69. The second-order valence-electron chi connectivity index (χ2n) is 4.83. The van der Waals surface area contributed by atoms with Crippen molar-refractivity contribution in [3.05, 3.63) is 0 Å². The van der Waals surface area contributed by atoms with E-state index in [-0.39, 0.29) is 19.4 Å². The molecule has 15 heavy (non-hydrogen) atoms. The van der Waals surface area contributed by atoms with Gasteiger partial charge < -0.3 is 9.13 Å². The lowest BCUT2D eigenvalue weighted by Crippen LogP contribution is -2.37. The minimum absolute atomic E-state index is 0.0482. The van der Waals surface area contributed by atoms with Gasteiger partial charge in [-0.2, -0.15) is 0 Å². The molecule has 0 saturated carbocycles. The minimum Gasteiger partial charge on any atom is -0.330 e. The quantitative estimate of drug-likeness (QED) is 0.590. The van der Waals surface area contributed by atoms with Crippen LogP contribution in [0.15, 0.2) is 0 Å². The van der Waals surface area contributed by atoms with Gasteiger partial charge in [0.05, 0.1) is 19.4 Å². The van der Waals surface area contributed by atoms with Crippen LogP contribution in [0, 0.1) is 0 Å². The van der Waals surface area contributed by atoms with E-state index in [1.54, 1.807) is 5.67 Å². The van der Waals surface area contributed by atoms with Gasteiger partial charge in [0.25, 0.3) is 0 Å². The average molecular weight is 247 g/mol.